The van der Waals surface area contributed by atoms with Crippen LogP contribution in [-0.2, 0) is 5.54 Å². The van der Waals surface area contributed by atoms with Gasteiger partial charge in [0.2, 0.25) is 0 Å². The van der Waals surface area contributed by atoms with Crippen molar-refractivity contribution >= 4 is 22.6 Å². The summed E-state index contributed by atoms with van der Waals surface area (Å²) in [4.78, 5) is 18.9. The molecule has 0 unspecified atom stereocenters. The van der Waals surface area contributed by atoms with Gasteiger partial charge < -0.3 is 10.2 Å². The summed E-state index contributed by atoms with van der Waals surface area (Å²) >= 11 is 0. The summed E-state index contributed by atoms with van der Waals surface area (Å²) < 4.78 is 3.93. The molecule has 1 amide bonds. The first kappa shape index (κ1) is 20.8. The molecule has 33 heavy (non-hydrogen) atoms. The maximum atomic E-state index is 12.2. The molecule has 8 nitrogen and oxygen atoms in total. The van der Waals surface area contributed by atoms with Crippen molar-refractivity contribution in [2.75, 3.05) is 18.0 Å². The number of pyridine rings is 1. The molecule has 1 aromatic carbocycles. The molecule has 4 heterocycles. The summed E-state index contributed by atoms with van der Waals surface area (Å²) in [6.45, 7) is 5.22. The van der Waals surface area contributed by atoms with E-state index in [0.29, 0.717) is 25.1 Å². The van der Waals surface area contributed by atoms with E-state index in [-0.39, 0.29) is 11.9 Å². The Morgan fingerprint density at radius 2 is 1.97 bits per heavy atom. The number of rotatable bonds is 6. The third-order valence-electron chi connectivity index (χ3n) is 6.07. The van der Waals surface area contributed by atoms with E-state index in [9.17, 15) is 10.1 Å². The number of fused-ring (bicyclic) bond motifs is 1. The fourth-order valence-electron chi connectivity index (χ4n) is 4.37. The lowest BCUT2D eigenvalue weighted by Gasteiger charge is -2.50. The van der Waals surface area contributed by atoms with Crippen LogP contribution in [0.25, 0.3) is 16.7 Å². The second-order valence-electron chi connectivity index (χ2n) is 8.84. The number of benzene rings is 1. The Labute approximate surface area is 192 Å². The molecule has 0 saturated carbocycles. The number of hydrogen-bond acceptors (Lipinski definition) is 5. The number of carbonyl (C=O) groups excluding carboxylic acids is 1. The first-order valence-electron chi connectivity index (χ1n) is 11.0. The number of nitrogens with zero attached hydrogens (tertiary/aromatic N) is 6. The van der Waals surface area contributed by atoms with Crippen LogP contribution in [0, 0.1) is 11.3 Å². The van der Waals surface area contributed by atoms with Gasteiger partial charge in [-0.1, -0.05) is 0 Å². The Balaban J connectivity index is 1.35. The second kappa shape index (κ2) is 8.10. The molecule has 1 fully saturated rings. The molecule has 1 aliphatic heterocycles. The number of amides is 1. The normalized spacial score (nSPS) is 14.8. The highest BCUT2D eigenvalue weighted by molar-refractivity contribution is 5.94. The largest absolute Gasteiger partial charge is 0.366 e. The smallest absolute Gasteiger partial charge is 0.251 e. The van der Waals surface area contributed by atoms with Crippen LogP contribution in [-0.4, -0.2) is 44.4 Å². The quantitative estimate of drug-likeness (QED) is 0.497. The molecular formula is C25H25N7O. The molecule has 1 aliphatic rings. The van der Waals surface area contributed by atoms with Crippen LogP contribution >= 0.6 is 0 Å². The highest BCUT2D eigenvalue weighted by Gasteiger charge is 2.45. The Kier molecular flexibility index (Phi) is 5.09. The molecule has 0 spiro atoms. The van der Waals surface area contributed by atoms with Gasteiger partial charge in [-0.15, -0.1) is 0 Å². The Bertz CT molecular complexity index is 1340. The fraction of sp³-hybridized carbons (Fsp3) is 0.280. The molecule has 3 aromatic heterocycles. The molecule has 0 radical (unpaired) electrons. The van der Waals surface area contributed by atoms with Crippen molar-refractivity contribution in [3.05, 3.63) is 72.8 Å². The first-order chi connectivity index (χ1) is 16.0. The van der Waals surface area contributed by atoms with Crippen LogP contribution in [0.3, 0.4) is 0 Å². The van der Waals surface area contributed by atoms with Gasteiger partial charge in [-0.3, -0.25) is 14.0 Å². The number of carbonyl (C=O) groups is 1. The van der Waals surface area contributed by atoms with Gasteiger partial charge in [0.15, 0.2) is 0 Å². The van der Waals surface area contributed by atoms with Crippen molar-refractivity contribution in [2.45, 2.75) is 31.8 Å². The van der Waals surface area contributed by atoms with Gasteiger partial charge in [0, 0.05) is 54.4 Å². The van der Waals surface area contributed by atoms with E-state index >= 15 is 0 Å². The van der Waals surface area contributed by atoms with Gasteiger partial charge in [-0.25, -0.2) is 4.98 Å². The average molecular weight is 440 g/mol. The van der Waals surface area contributed by atoms with Crippen LogP contribution in [0.15, 0.2) is 67.3 Å². The number of hydrogen-bond donors (Lipinski definition) is 1. The van der Waals surface area contributed by atoms with Crippen molar-refractivity contribution < 1.29 is 4.79 Å². The summed E-state index contributed by atoms with van der Waals surface area (Å²) in [6, 6.07) is 16.0. The van der Waals surface area contributed by atoms with Gasteiger partial charge in [0.1, 0.15) is 11.2 Å². The van der Waals surface area contributed by atoms with Gasteiger partial charge in [0.05, 0.1) is 24.4 Å². The van der Waals surface area contributed by atoms with E-state index in [1.54, 1.807) is 6.20 Å². The van der Waals surface area contributed by atoms with Crippen molar-refractivity contribution in [2.24, 2.45) is 0 Å². The van der Waals surface area contributed by atoms with Crippen LogP contribution in [0.1, 0.15) is 30.6 Å². The van der Waals surface area contributed by atoms with Crippen molar-refractivity contribution in [3.63, 3.8) is 0 Å². The van der Waals surface area contributed by atoms with Crippen LogP contribution in [0.2, 0.25) is 0 Å². The molecule has 5 rings (SSSR count). The summed E-state index contributed by atoms with van der Waals surface area (Å²) in [5, 5.41) is 18.1. The maximum Gasteiger partial charge on any atom is 0.251 e. The molecule has 0 bridgehead atoms. The number of anilines is 1. The molecule has 1 N–H and O–H groups in total. The standard InChI is InChI=1S/C25H25N7O/c1-18(2)29-24(33)20-5-7-21(8-6-20)30-16-25(17-30,10-11-26)32-15-22(14-28-32)31-13-9-19-4-3-12-27-23(19)31/h3-9,12-15,18H,10,16-17H2,1-2H3,(H,29,33). The summed E-state index contributed by atoms with van der Waals surface area (Å²) in [7, 11) is 0. The van der Waals surface area contributed by atoms with Crippen molar-refractivity contribution in [3.8, 4) is 11.8 Å². The molecule has 8 heteroatoms. The lowest BCUT2D eigenvalue weighted by Crippen LogP contribution is -2.63. The minimum Gasteiger partial charge on any atom is -0.366 e. The van der Waals surface area contributed by atoms with Crippen LogP contribution < -0.4 is 10.2 Å². The second-order valence-corrected chi connectivity index (χ2v) is 8.84. The predicted molar refractivity (Wildman–Crippen MR) is 126 cm³/mol. The highest BCUT2D eigenvalue weighted by atomic mass is 16.1. The SMILES string of the molecule is CC(C)NC(=O)c1ccc(N2CC(CC#N)(n3cc(-n4ccc5cccnc54)cn3)C2)cc1. The maximum absolute atomic E-state index is 12.2. The molecule has 1 saturated heterocycles. The third kappa shape index (κ3) is 3.72. The minimum absolute atomic E-state index is 0.0740. The first-order valence-corrected chi connectivity index (χ1v) is 11.0. The van der Waals surface area contributed by atoms with Gasteiger partial charge in [0.25, 0.3) is 5.91 Å². The lowest BCUT2D eigenvalue weighted by atomic mass is 9.86. The van der Waals surface area contributed by atoms with Gasteiger partial charge in [-0.05, 0) is 56.3 Å². The van der Waals surface area contributed by atoms with E-state index in [1.165, 1.54) is 0 Å². The van der Waals surface area contributed by atoms with E-state index in [0.717, 1.165) is 22.4 Å². The van der Waals surface area contributed by atoms with Crippen LogP contribution in [0.5, 0.6) is 0 Å². The Hall–Kier alpha value is -4.12. The number of nitrogens with one attached hydrogen (secondary N) is 1. The Morgan fingerprint density at radius 3 is 2.70 bits per heavy atom. The lowest BCUT2D eigenvalue weighted by molar-refractivity contribution is 0.0943. The van der Waals surface area contributed by atoms with E-state index < -0.39 is 5.54 Å². The number of nitriles is 1. The van der Waals surface area contributed by atoms with Gasteiger partial charge >= 0.3 is 0 Å². The molecular weight excluding hydrogens is 414 g/mol. The zero-order valence-corrected chi connectivity index (χ0v) is 18.6. The molecule has 166 valence electrons. The monoisotopic (exact) mass is 439 g/mol. The summed E-state index contributed by atoms with van der Waals surface area (Å²) in [5.41, 5.74) is 3.07. The third-order valence-corrected chi connectivity index (χ3v) is 6.07. The summed E-state index contributed by atoms with van der Waals surface area (Å²) in [5.74, 6) is -0.0740. The zero-order chi connectivity index (χ0) is 23.0. The molecule has 0 aliphatic carbocycles. The highest BCUT2D eigenvalue weighted by Crippen LogP contribution is 2.36. The fourth-order valence-corrected chi connectivity index (χ4v) is 4.37. The topological polar surface area (TPSA) is 91.8 Å². The predicted octanol–water partition coefficient (Wildman–Crippen LogP) is 3.49. The van der Waals surface area contributed by atoms with E-state index in [1.807, 2.05) is 84.2 Å². The Morgan fingerprint density at radius 1 is 1.18 bits per heavy atom. The van der Waals surface area contributed by atoms with Crippen LogP contribution in [0.4, 0.5) is 5.69 Å². The van der Waals surface area contributed by atoms with E-state index in [2.05, 4.69) is 26.4 Å². The average Bonchev–Trinajstić information content (AvgIpc) is 3.43. The van der Waals surface area contributed by atoms with Crippen molar-refractivity contribution in [1.82, 2.24) is 24.6 Å². The zero-order valence-electron chi connectivity index (χ0n) is 18.6. The summed E-state index contributed by atoms with van der Waals surface area (Å²) in [6.07, 6.45) is 7.94. The minimum atomic E-state index is -0.392. The van der Waals surface area contributed by atoms with Crippen molar-refractivity contribution in [1.29, 1.82) is 5.26 Å². The number of aromatic nitrogens is 4. The molecule has 4 aromatic rings. The van der Waals surface area contributed by atoms with E-state index in [4.69, 9.17) is 0 Å². The van der Waals surface area contributed by atoms with Gasteiger partial charge in [-0.2, -0.15) is 10.4 Å². The molecule has 0 atom stereocenters.